The van der Waals surface area contributed by atoms with E-state index < -0.39 is 5.97 Å². The van der Waals surface area contributed by atoms with Crippen molar-refractivity contribution in [3.8, 4) is 11.5 Å². The average molecular weight is 344 g/mol. The fourth-order valence-corrected chi connectivity index (χ4v) is 2.40. The fourth-order valence-electron chi connectivity index (χ4n) is 2.04. The number of aromatic nitrogens is 1. The van der Waals surface area contributed by atoms with Crippen molar-refractivity contribution < 1.29 is 14.6 Å². The lowest BCUT2D eigenvalue weighted by Crippen LogP contribution is -2.00. The van der Waals surface area contributed by atoms with Crippen molar-refractivity contribution in [1.82, 2.24) is 4.98 Å². The van der Waals surface area contributed by atoms with Gasteiger partial charge in [-0.25, -0.2) is 4.79 Å². The largest absolute Gasteiger partial charge is 0.478 e. The van der Waals surface area contributed by atoms with Gasteiger partial charge in [0.2, 0.25) is 0 Å². The van der Waals surface area contributed by atoms with E-state index in [1.54, 1.807) is 24.4 Å². The van der Waals surface area contributed by atoms with Gasteiger partial charge in [-0.15, -0.1) is 0 Å². The lowest BCUT2D eigenvalue weighted by molar-refractivity contribution is 0.0694. The number of carbonyl (C=O) groups is 1. The summed E-state index contributed by atoms with van der Waals surface area (Å²) >= 11 is 3.26. The van der Waals surface area contributed by atoms with Gasteiger partial charge in [-0.05, 0) is 42.5 Å². The van der Waals surface area contributed by atoms with E-state index in [9.17, 15) is 9.90 Å². The third-order valence-corrected chi connectivity index (χ3v) is 3.49. The zero-order valence-electron chi connectivity index (χ0n) is 10.8. The highest BCUT2D eigenvalue weighted by Gasteiger charge is 2.13. The second-order valence-corrected chi connectivity index (χ2v) is 5.29. The van der Waals surface area contributed by atoms with Crippen LogP contribution in [-0.4, -0.2) is 16.1 Å². The van der Waals surface area contributed by atoms with Crippen molar-refractivity contribution in [3.05, 3.63) is 64.8 Å². The van der Waals surface area contributed by atoms with Gasteiger partial charge in [-0.2, -0.15) is 0 Å². The highest BCUT2D eigenvalue weighted by molar-refractivity contribution is 9.10. The van der Waals surface area contributed by atoms with Crippen LogP contribution in [0.5, 0.6) is 11.5 Å². The summed E-state index contributed by atoms with van der Waals surface area (Å²) in [6.45, 7) is 0. The Balaban J connectivity index is 2.09. The fraction of sp³-hybridized carbons (Fsp3) is 0. The lowest BCUT2D eigenvalue weighted by atomic mass is 10.2. The Hall–Kier alpha value is -2.40. The maximum Gasteiger partial charge on any atom is 0.339 e. The number of nitrogens with zero attached hydrogens (tertiary/aromatic N) is 1. The molecule has 4 nitrogen and oxygen atoms in total. The Labute approximate surface area is 129 Å². The Morgan fingerprint density at radius 2 is 1.95 bits per heavy atom. The topological polar surface area (TPSA) is 59.4 Å². The average Bonchev–Trinajstić information content (AvgIpc) is 2.49. The molecule has 5 heteroatoms. The van der Waals surface area contributed by atoms with Gasteiger partial charge < -0.3 is 9.84 Å². The van der Waals surface area contributed by atoms with Crippen LogP contribution >= 0.6 is 15.9 Å². The first-order valence-electron chi connectivity index (χ1n) is 6.19. The van der Waals surface area contributed by atoms with Gasteiger partial charge in [0.1, 0.15) is 17.1 Å². The van der Waals surface area contributed by atoms with E-state index in [1.807, 2.05) is 24.3 Å². The summed E-state index contributed by atoms with van der Waals surface area (Å²) in [4.78, 5) is 15.6. The van der Waals surface area contributed by atoms with Gasteiger partial charge in [-0.1, -0.05) is 22.0 Å². The van der Waals surface area contributed by atoms with Crippen LogP contribution in [0.25, 0.3) is 10.9 Å². The molecule has 0 fully saturated rings. The van der Waals surface area contributed by atoms with Crippen molar-refractivity contribution >= 4 is 32.8 Å². The predicted octanol–water partition coefficient (Wildman–Crippen LogP) is 4.49. The molecule has 3 rings (SSSR count). The molecule has 0 atom stereocenters. The van der Waals surface area contributed by atoms with Crippen LogP contribution in [0, 0.1) is 0 Å². The number of pyridine rings is 1. The van der Waals surface area contributed by atoms with E-state index in [-0.39, 0.29) is 5.56 Å². The first-order valence-corrected chi connectivity index (χ1v) is 6.99. The van der Waals surface area contributed by atoms with Gasteiger partial charge >= 0.3 is 5.97 Å². The molecule has 1 N–H and O–H groups in total. The van der Waals surface area contributed by atoms with Crippen LogP contribution in [0.3, 0.4) is 0 Å². The molecule has 0 amide bonds. The number of ether oxygens (including phenoxy) is 1. The minimum Gasteiger partial charge on any atom is -0.478 e. The molecule has 0 saturated heterocycles. The summed E-state index contributed by atoms with van der Waals surface area (Å²) in [6, 6.07) is 14.1. The number of aromatic carboxylic acids is 1. The van der Waals surface area contributed by atoms with Gasteiger partial charge in [0, 0.05) is 16.1 Å². The number of benzene rings is 2. The summed E-state index contributed by atoms with van der Waals surface area (Å²) in [5.41, 5.74) is 0.897. The quantitative estimate of drug-likeness (QED) is 0.761. The molecule has 0 aliphatic rings. The number of rotatable bonds is 3. The number of fused-ring (bicyclic) bond motifs is 1. The minimum atomic E-state index is -1.04. The van der Waals surface area contributed by atoms with Crippen LogP contribution in [0.15, 0.2) is 59.2 Å². The number of hydrogen-bond donors (Lipinski definition) is 1. The molecule has 0 aliphatic heterocycles. The first-order chi connectivity index (χ1) is 10.1. The molecular formula is C16H10BrNO3. The van der Waals surface area contributed by atoms with Gasteiger partial charge in [0.05, 0.1) is 5.52 Å². The van der Waals surface area contributed by atoms with Crippen LogP contribution in [0.4, 0.5) is 0 Å². The number of carboxylic acid groups (broad SMARTS) is 1. The normalized spacial score (nSPS) is 10.5. The number of halogens is 1. The highest BCUT2D eigenvalue weighted by atomic mass is 79.9. The Kier molecular flexibility index (Phi) is 3.58. The van der Waals surface area contributed by atoms with Crippen molar-refractivity contribution in [3.63, 3.8) is 0 Å². The summed E-state index contributed by atoms with van der Waals surface area (Å²) in [5.74, 6) is -0.169. The van der Waals surface area contributed by atoms with E-state index in [0.29, 0.717) is 16.0 Å². The maximum absolute atomic E-state index is 11.3. The molecule has 0 spiro atoms. The van der Waals surface area contributed by atoms with Crippen molar-refractivity contribution in [1.29, 1.82) is 0 Å². The van der Waals surface area contributed by atoms with Crippen molar-refractivity contribution in [2.24, 2.45) is 0 Å². The SMILES string of the molecule is O=C(O)c1cc(Br)ccc1Oc1cccc2ncccc12. The molecule has 0 saturated carbocycles. The zero-order valence-corrected chi connectivity index (χ0v) is 12.4. The standard InChI is InChI=1S/C16H10BrNO3/c17-10-6-7-15(12(9-10)16(19)20)21-14-5-1-4-13-11(14)3-2-8-18-13/h1-9H,(H,19,20). The second-order valence-electron chi connectivity index (χ2n) is 4.37. The van der Waals surface area contributed by atoms with Crippen LogP contribution < -0.4 is 4.74 Å². The van der Waals surface area contributed by atoms with E-state index in [1.165, 1.54) is 6.07 Å². The zero-order chi connectivity index (χ0) is 14.8. The first kappa shape index (κ1) is 13.6. The Morgan fingerprint density at radius 3 is 2.76 bits per heavy atom. The molecule has 1 aromatic heterocycles. The lowest BCUT2D eigenvalue weighted by Gasteiger charge is -2.11. The smallest absolute Gasteiger partial charge is 0.339 e. The van der Waals surface area contributed by atoms with Crippen LogP contribution in [0.1, 0.15) is 10.4 Å². The second kappa shape index (κ2) is 5.54. The van der Waals surface area contributed by atoms with Crippen LogP contribution in [-0.2, 0) is 0 Å². The van der Waals surface area contributed by atoms with Crippen LogP contribution in [0.2, 0.25) is 0 Å². The van der Waals surface area contributed by atoms with E-state index in [2.05, 4.69) is 20.9 Å². The molecule has 2 aromatic carbocycles. The monoisotopic (exact) mass is 343 g/mol. The highest BCUT2D eigenvalue weighted by Crippen LogP contribution is 2.32. The molecule has 1 heterocycles. The van der Waals surface area contributed by atoms with Gasteiger partial charge in [-0.3, -0.25) is 4.98 Å². The van der Waals surface area contributed by atoms with E-state index in [4.69, 9.17) is 4.74 Å². The Morgan fingerprint density at radius 1 is 1.10 bits per heavy atom. The molecule has 0 unspecified atom stereocenters. The summed E-state index contributed by atoms with van der Waals surface area (Å²) < 4.78 is 6.48. The number of hydrogen-bond acceptors (Lipinski definition) is 3. The van der Waals surface area contributed by atoms with Gasteiger partial charge in [0.25, 0.3) is 0 Å². The third-order valence-electron chi connectivity index (χ3n) is 3.00. The number of carboxylic acids is 1. The molecule has 21 heavy (non-hydrogen) atoms. The molecule has 0 bridgehead atoms. The van der Waals surface area contributed by atoms with Gasteiger partial charge in [0.15, 0.2) is 0 Å². The predicted molar refractivity (Wildman–Crippen MR) is 82.9 cm³/mol. The molecule has 0 aliphatic carbocycles. The van der Waals surface area contributed by atoms with E-state index >= 15 is 0 Å². The molecule has 0 radical (unpaired) electrons. The molecule has 3 aromatic rings. The summed E-state index contributed by atoms with van der Waals surface area (Å²) in [5, 5.41) is 10.1. The van der Waals surface area contributed by atoms with Crippen molar-refractivity contribution in [2.45, 2.75) is 0 Å². The maximum atomic E-state index is 11.3. The van der Waals surface area contributed by atoms with Crippen molar-refractivity contribution in [2.75, 3.05) is 0 Å². The molecular weight excluding hydrogens is 334 g/mol. The third kappa shape index (κ3) is 2.73. The summed E-state index contributed by atoms with van der Waals surface area (Å²) in [7, 11) is 0. The summed E-state index contributed by atoms with van der Waals surface area (Å²) in [6.07, 6.45) is 1.70. The molecule has 104 valence electrons. The minimum absolute atomic E-state index is 0.102. The van der Waals surface area contributed by atoms with E-state index in [0.717, 1.165) is 10.9 Å². The Bertz CT molecular complexity index is 827.